The Balaban J connectivity index is 1.28. The van der Waals surface area contributed by atoms with Crippen molar-refractivity contribution in [1.29, 1.82) is 0 Å². The molecule has 1 heterocycles. The van der Waals surface area contributed by atoms with Crippen molar-refractivity contribution < 1.29 is 9.84 Å². The summed E-state index contributed by atoms with van der Waals surface area (Å²) in [6.07, 6.45) is 0. The highest BCUT2D eigenvalue weighted by atomic mass is 35.5. The number of halogens is 1. The van der Waals surface area contributed by atoms with Crippen LogP contribution in [0, 0.1) is 0 Å². The number of ether oxygens (including phenoxy) is 1. The molecule has 4 nitrogen and oxygen atoms in total. The van der Waals surface area contributed by atoms with Crippen LogP contribution in [0.2, 0.25) is 5.02 Å². The molecule has 0 radical (unpaired) electrons. The van der Waals surface area contributed by atoms with Gasteiger partial charge in [0.05, 0.1) is 6.61 Å². The van der Waals surface area contributed by atoms with Crippen molar-refractivity contribution in [3.63, 3.8) is 0 Å². The van der Waals surface area contributed by atoms with E-state index in [1.807, 2.05) is 36.4 Å². The lowest BCUT2D eigenvalue weighted by Gasteiger charge is -2.35. The molecule has 5 heteroatoms. The molecule has 1 aliphatic heterocycles. The molecule has 0 atom stereocenters. The van der Waals surface area contributed by atoms with Crippen molar-refractivity contribution in [2.24, 2.45) is 0 Å². The summed E-state index contributed by atoms with van der Waals surface area (Å²) in [6.45, 7) is 6.65. The van der Waals surface area contributed by atoms with Crippen molar-refractivity contribution in [2.45, 2.75) is 13.2 Å². The third-order valence-electron chi connectivity index (χ3n) is 5.84. The summed E-state index contributed by atoms with van der Waals surface area (Å²) < 4.78 is 5.90. The Morgan fingerprint density at radius 2 is 1.42 bits per heavy atom. The van der Waals surface area contributed by atoms with Crippen molar-refractivity contribution in [1.82, 2.24) is 9.80 Å². The summed E-state index contributed by atoms with van der Waals surface area (Å²) in [7, 11) is 0. The molecule has 0 saturated carbocycles. The Morgan fingerprint density at radius 3 is 2.16 bits per heavy atom. The quantitative estimate of drug-likeness (QED) is 0.555. The molecule has 0 spiro atoms. The van der Waals surface area contributed by atoms with Crippen LogP contribution in [0.5, 0.6) is 5.75 Å². The van der Waals surface area contributed by atoms with Gasteiger partial charge in [-0.1, -0.05) is 66.2 Å². The van der Waals surface area contributed by atoms with Gasteiger partial charge in [-0.05, 0) is 34.9 Å². The standard InChI is InChI=1S/C26H29ClN2O2/c27-24-11-9-21(10-12-24)25-7-3-1-5-22(25)19-29-15-13-28(14-16-29)17-18-31-26-8-4-2-6-23(26)20-30/h1-12,30H,13-20H2. The maximum absolute atomic E-state index is 9.42. The van der Waals surface area contributed by atoms with E-state index in [1.165, 1.54) is 16.7 Å². The molecule has 0 bridgehead atoms. The van der Waals surface area contributed by atoms with Crippen molar-refractivity contribution in [3.8, 4) is 16.9 Å². The van der Waals surface area contributed by atoms with Gasteiger partial charge in [-0.25, -0.2) is 0 Å². The van der Waals surface area contributed by atoms with E-state index in [2.05, 4.69) is 46.2 Å². The molecule has 3 aromatic rings. The first-order chi connectivity index (χ1) is 15.2. The molecule has 0 aliphatic carbocycles. The van der Waals surface area contributed by atoms with Crippen LogP contribution in [0.25, 0.3) is 11.1 Å². The second kappa shape index (κ2) is 10.8. The van der Waals surface area contributed by atoms with E-state index in [1.54, 1.807) is 0 Å². The normalized spacial score (nSPS) is 15.2. The van der Waals surface area contributed by atoms with E-state index in [0.717, 1.165) is 55.6 Å². The summed E-state index contributed by atoms with van der Waals surface area (Å²) in [5.74, 6) is 0.780. The second-order valence-corrected chi connectivity index (χ2v) is 8.33. The Bertz CT molecular complexity index is 969. The number of nitrogens with zero attached hydrogens (tertiary/aromatic N) is 2. The Hall–Kier alpha value is -2.37. The van der Waals surface area contributed by atoms with Crippen LogP contribution in [0.4, 0.5) is 0 Å². The zero-order valence-electron chi connectivity index (χ0n) is 17.7. The zero-order chi connectivity index (χ0) is 21.5. The molecule has 1 aliphatic rings. The van der Waals surface area contributed by atoms with Gasteiger partial charge >= 0.3 is 0 Å². The monoisotopic (exact) mass is 436 g/mol. The van der Waals surface area contributed by atoms with E-state index in [0.29, 0.717) is 6.61 Å². The van der Waals surface area contributed by atoms with Gasteiger partial charge in [-0.3, -0.25) is 9.80 Å². The molecule has 162 valence electrons. The van der Waals surface area contributed by atoms with Gasteiger partial charge in [0.1, 0.15) is 12.4 Å². The summed E-state index contributed by atoms with van der Waals surface area (Å²) >= 11 is 6.06. The SMILES string of the molecule is OCc1ccccc1OCCN1CCN(Cc2ccccc2-c2ccc(Cl)cc2)CC1. The lowest BCUT2D eigenvalue weighted by molar-refractivity contribution is 0.112. The molecule has 0 unspecified atom stereocenters. The van der Waals surface area contributed by atoms with Gasteiger partial charge in [0.2, 0.25) is 0 Å². The minimum Gasteiger partial charge on any atom is -0.492 e. The largest absolute Gasteiger partial charge is 0.492 e. The minimum atomic E-state index is 0.00629. The van der Waals surface area contributed by atoms with Crippen molar-refractivity contribution in [3.05, 3.63) is 88.9 Å². The average molecular weight is 437 g/mol. The van der Waals surface area contributed by atoms with Gasteiger partial charge < -0.3 is 9.84 Å². The van der Waals surface area contributed by atoms with Crippen LogP contribution >= 0.6 is 11.6 Å². The highest BCUT2D eigenvalue weighted by Gasteiger charge is 2.18. The Labute approximate surface area is 189 Å². The summed E-state index contributed by atoms with van der Waals surface area (Å²) in [4.78, 5) is 4.97. The summed E-state index contributed by atoms with van der Waals surface area (Å²) in [5.41, 5.74) is 4.67. The first-order valence-electron chi connectivity index (χ1n) is 10.8. The number of hydrogen-bond acceptors (Lipinski definition) is 4. The molecular formula is C26H29ClN2O2. The number of rotatable bonds is 8. The maximum atomic E-state index is 9.42. The fraction of sp³-hybridized carbons (Fsp3) is 0.308. The van der Waals surface area contributed by atoms with Gasteiger partial charge in [-0.15, -0.1) is 0 Å². The van der Waals surface area contributed by atoms with Crippen molar-refractivity contribution in [2.75, 3.05) is 39.3 Å². The van der Waals surface area contributed by atoms with Crippen LogP contribution in [-0.2, 0) is 13.2 Å². The number of para-hydroxylation sites is 1. The number of piperazine rings is 1. The van der Waals surface area contributed by atoms with Gasteiger partial charge in [0.25, 0.3) is 0 Å². The molecule has 4 rings (SSSR count). The minimum absolute atomic E-state index is 0.00629. The molecule has 31 heavy (non-hydrogen) atoms. The number of hydrogen-bond donors (Lipinski definition) is 1. The third kappa shape index (κ3) is 5.86. The molecule has 1 N–H and O–H groups in total. The van der Waals surface area contributed by atoms with E-state index < -0.39 is 0 Å². The maximum Gasteiger partial charge on any atom is 0.124 e. The molecule has 3 aromatic carbocycles. The molecule has 1 fully saturated rings. The summed E-state index contributed by atoms with van der Waals surface area (Å²) in [5, 5.41) is 10.2. The topological polar surface area (TPSA) is 35.9 Å². The van der Waals surface area contributed by atoms with Gasteiger partial charge in [0.15, 0.2) is 0 Å². The summed E-state index contributed by atoms with van der Waals surface area (Å²) in [6, 6.07) is 24.4. The Kier molecular flexibility index (Phi) is 7.60. The predicted molar refractivity (Wildman–Crippen MR) is 126 cm³/mol. The number of benzene rings is 3. The first-order valence-corrected chi connectivity index (χ1v) is 11.2. The lowest BCUT2D eigenvalue weighted by atomic mass is 9.99. The zero-order valence-corrected chi connectivity index (χ0v) is 18.5. The van der Waals surface area contributed by atoms with Gasteiger partial charge in [0, 0.05) is 49.9 Å². The fourth-order valence-electron chi connectivity index (χ4n) is 4.04. The van der Waals surface area contributed by atoms with Crippen LogP contribution in [0.1, 0.15) is 11.1 Å². The highest BCUT2D eigenvalue weighted by molar-refractivity contribution is 6.30. The second-order valence-electron chi connectivity index (χ2n) is 7.90. The van der Waals surface area contributed by atoms with Crippen molar-refractivity contribution >= 4 is 11.6 Å². The van der Waals surface area contributed by atoms with E-state index >= 15 is 0 Å². The van der Waals surface area contributed by atoms with E-state index in [4.69, 9.17) is 16.3 Å². The predicted octanol–water partition coefficient (Wildman–Crippen LogP) is 4.70. The number of aliphatic hydroxyl groups excluding tert-OH is 1. The van der Waals surface area contributed by atoms with Gasteiger partial charge in [-0.2, -0.15) is 0 Å². The van der Waals surface area contributed by atoms with Crippen LogP contribution < -0.4 is 4.74 Å². The van der Waals surface area contributed by atoms with Crippen LogP contribution in [0.15, 0.2) is 72.8 Å². The molecule has 0 aromatic heterocycles. The first kappa shape index (κ1) is 21.8. The van der Waals surface area contributed by atoms with Crippen LogP contribution in [-0.4, -0.2) is 54.2 Å². The third-order valence-corrected chi connectivity index (χ3v) is 6.09. The van der Waals surface area contributed by atoms with E-state index in [-0.39, 0.29) is 6.61 Å². The Morgan fingerprint density at radius 1 is 0.774 bits per heavy atom. The lowest BCUT2D eigenvalue weighted by Crippen LogP contribution is -2.47. The smallest absolute Gasteiger partial charge is 0.124 e. The molecule has 1 saturated heterocycles. The molecule has 0 amide bonds. The fourth-order valence-corrected chi connectivity index (χ4v) is 4.17. The number of aliphatic hydroxyl groups is 1. The van der Waals surface area contributed by atoms with Crippen LogP contribution in [0.3, 0.4) is 0 Å². The van der Waals surface area contributed by atoms with E-state index in [9.17, 15) is 5.11 Å². The highest BCUT2D eigenvalue weighted by Crippen LogP contribution is 2.26. The molecular weight excluding hydrogens is 408 g/mol. The average Bonchev–Trinajstić information content (AvgIpc) is 2.81.